The van der Waals surface area contributed by atoms with Crippen LogP contribution < -0.4 is 5.32 Å². The molecule has 0 fully saturated rings. The van der Waals surface area contributed by atoms with Gasteiger partial charge in [-0.25, -0.2) is 9.97 Å². The molecule has 0 spiro atoms. The van der Waals surface area contributed by atoms with Gasteiger partial charge in [0, 0.05) is 6.04 Å². The second-order valence-corrected chi connectivity index (χ2v) is 3.64. The van der Waals surface area contributed by atoms with Gasteiger partial charge in [0.2, 0.25) is 0 Å². The summed E-state index contributed by atoms with van der Waals surface area (Å²) in [6.45, 7) is 0. The molecule has 0 radical (unpaired) electrons. The van der Waals surface area contributed by atoms with Crippen molar-refractivity contribution in [3.05, 3.63) is 24.7 Å². The Bertz CT molecular complexity index is 493. The normalized spacial score (nSPS) is 16.3. The number of hydrogen-bond donors (Lipinski definition) is 2. The smallest absolute Gasteiger partial charge is 0.160 e. The van der Waals surface area contributed by atoms with Gasteiger partial charge in [-0.1, -0.05) is 12.2 Å². The lowest BCUT2D eigenvalue weighted by Gasteiger charge is -2.12. The Balaban J connectivity index is 1.92. The Morgan fingerprint density at radius 2 is 2.13 bits per heavy atom. The number of fused-ring (bicyclic) bond motifs is 1. The van der Waals surface area contributed by atoms with Gasteiger partial charge in [0.15, 0.2) is 5.65 Å². The predicted octanol–water partition coefficient (Wildman–Crippen LogP) is 1.48. The van der Waals surface area contributed by atoms with Crippen molar-refractivity contribution in [1.82, 2.24) is 20.2 Å². The first-order valence-electron chi connectivity index (χ1n) is 4.99. The maximum Gasteiger partial charge on any atom is 0.160 e. The van der Waals surface area contributed by atoms with Crippen molar-refractivity contribution in [3.8, 4) is 0 Å². The van der Waals surface area contributed by atoms with E-state index in [1.807, 2.05) is 0 Å². The van der Waals surface area contributed by atoms with Crippen molar-refractivity contribution >= 4 is 16.9 Å². The number of anilines is 1. The van der Waals surface area contributed by atoms with Crippen LogP contribution >= 0.6 is 0 Å². The van der Waals surface area contributed by atoms with Crippen molar-refractivity contribution in [3.63, 3.8) is 0 Å². The van der Waals surface area contributed by atoms with E-state index in [9.17, 15) is 0 Å². The Kier molecular flexibility index (Phi) is 1.87. The number of rotatable bonds is 2. The van der Waals surface area contributed by atoms with Crippen LogP contribution in [0.1, 0.15) is 12.8 Å². The zero-order valence-corrected chi connectivity index (χ0v) is 8.14. The summed E-state index contributed by atoms with van der Waals surface area (Å²) in [4.78, 5) is 8.32. The van der Waals surface area contributed by atoms with Crippen molar-refractivity contribution in [2.75, 3.05) is 5.32 Å². The third-order valence-electron chi connectivity index (χ3n) is 2.60. The van der Waals surface area contributed by atoms with E-state index in [4.69, 9.17) is 0 Å². The molecule has 2 aromatic heterocycles. The highest BCUT2D eigenvalue weighted by Crippen LogP contribution is 2.20. The molecule has 1 aliphatic rings. The van der Waals surface area contributed by atoms with Gasteiger partial charge < -0.3 is 5.32 Å². The van der Waals surface area contributed by atoms with E-state index in [1.165, 1.54) is 0 Å². The zero-order chi connectivity index (χ0) is 10.1. The Labute approximate surface area is 86.6 Å². The van der Waals surface area contributed by atoms with Gasteiger partial charge in [0.05, 0.1) is 11.6 Å². The fourth-order valence-electron chi connectivity index (χ4n) is 1.81. The minimum Gasteiger partial charge on any atom is -0.366 e. The molecule has 2 aromatic rings. The Morgan fingerprint density at radius 1 is 1.27 bits per heavy atom. The van der Waals surface area contributed by atoms with E-state index < -0.39 is 0 Å². The monoisotopic (exact) mass is 201 g/mol. The molecule has 0 amide bonds. The van der Waals surface area contributed by atoms with E-state index in [2.05, 4.69) is 37.6 Å². The van der Waals surface area contributed by atoms with Crippen LogP contribution in [0.25, 0.3) is 11.0 Å². The van der Waals surface area contributed by atoms with Crippen molar-refractivity contribution in [1.29, 1.82) is 0 Å². The molecule has 15 heavy (non-hydrogen) atoms. The molecular formula is C10H11N5. The van der Waals surface area contributed by atoms with Crippen LogP contribution in [0.5, 0.6) is 0 Å². The molecule has 0 aromatic carbocycles. The van der Waals surface area contributed by atoms with E-state index >= 15 is 0 Å². The molecule has 5 nitrogen and oxygen atoms in total. The molecule has 2 N–H and O–H groups in total. The van der Waals surface area contributed by atoms with Crippen molar-refractivity contribution in [2.24, 2.45) is 0 Å². The largest absolute Gasteiger partial charge is 0.366 e. The zero-order valence-electron chi connectivity index (χ0n) is 8.14. The second-order valence-electron chi connectivity index (χ2n) is 3.64. The number of aromatic amines is 1. The van der Waals surface area contributed by atoms with Crippen LogP contribution in [0, 0.1) is 0 Å². The standard InChI is InChI=1S/C10H11N5/c1-2-4-7(3-1)14-9-8-5-13-15-10(8)12-6-11-9/h1-2,5-7H,3-4H2,(H2,11,12,13,14,15). The summed E-state index contributed by atoms with van der Waals surface area (Å²) < 4.78 is 0. The molecule has 0 aliphatic heterocycles. The molecule has 0 bridgehead atoms. The number of aromatic nitrogens is 4. The summed E-state index contributed by atoms with van der Waals surface area (Å²) >= 11 is 0. The highest BCUT2D eigenvalue weighted by molar-refractivity contribution is 5.85. The Hall–Kier alpha value is -1.91. The van der Waals surface area contributed by atoms with E-state index in [-0.39, 0.29) is 0 Å². The van der Waals surface area contributed by atoms with E-state index in [0.29, 0.717) is 6.04 Å². The minimum atomic E-state index is 0.456. The summed E-state index contributed by atoms with van der Waals surface area (Å²) in [5, 5.41) is 11.1. The third-order valence-corrected chi connectivity index (χ3v) is 2.60. The van der Waals surface area contributed by atoms with Crippen LogP contribution in [0.3, 0.4) is 0 Å². The maximum absolute atomic E-state index is 4.23. The number of nitrogens with zero attached hydrogens (tertiary/aromatic N) is 3. The average Bonchev–Trinajstić information content (AvgIpc) is 2.87. The van der Waals surface area contributed by atoms with Crippen molar-refractivity contribution in [2.45, 2.75) is 18.9 Å². The molecular weight excluding hydrogens is 190 g/mol. The lowest BCUT2D eigenvalue weighted by atomic mass is 10.2. The van der Waals surface area contributed by atoms with Crippen LogP contribution in [0.15, 0.2) is 24.7 Å². The van der Waals surface area contributed by atoms with Gasteiger partial charge in [0.1, 0.15) is 12.1 Å². The highest BCUT2D eigenvalue weighted by Gasteiger charge is 2.12. The number of hydrogen-bond acceptors (Lipinski definition) is 4. The van der Waals surface area contributed by atoms with E-state index in [0.717, 1.165) is 29.7 Å². The SMILES string of the molecule is C1=CCC(Nc2ncnc3[nH]ncc23)C1. The average molecular weight is 201 g/mol. The van der Waals surface area contributed by atoms with Gasteiger partial charge in [0.25, 0.3) is 0 Å². The first kappa shape index (κ1) is 8.40. The number of nitrogens with one attached hydrogen (secondary N) is 2. The predicted molar refractivity (Wildman–Crippen MR) is 57.5 cm³/mol. The Morgan fingerprint density at radius 3 is 3.00 bits per heavy atom. The lowest BCUT2D eigenvalue weighted by molar-refractivity contribution is 0.782. The van der Waals surface area contributed by atoms with E-state index in [1.54, 1.807) is 12.5 Å². The molecule has 2 heterocycles. The molecule has 0 atom stereocenters. The van der Waals surface area contributed by atoms with Gasteiger partial charge in [-0.15, -0.1) is 0 Å². The van der Waals surface area contributed by atoms with Crippen molar-refractivity contribution < 1.29 is 0 Å². The summed E-state index contributed by atoms with van der Waals surface area (Å²) in [6, 6.07) is 0.456. The van der Waals surface area contributed by atoms with Gasteiger partial charge >= 0.3 is 0 Å². The second kappa shape index (κ2) is 3.34. The summed E-state index contributed by atoms with van der Waals surface area (Å²) in [7, 11) is 0. The fourth-order valence-corrected chi connectivity index (χ4v) is 1.81. The lowest BCUT2D eigenvalue weighted by Crippen LogP contribution is -2.16. The quantitative estimate of drug-likeness (QED) is 0.722. The fraction of sp³-hybridized carbons (Fsp3) is 0.300. The van der Waals surface area contributed by atoms with Gasteiger partial charge in [-0.3, -0.25) is 5.10 Å². The molecule has 0 saturated carbocycles. The van der Waals surface area contributed by atoms with Crippen LogP contribution in [-0.2, 0) is 0 Å². The topological polar surface area (TPSA) is 66.5 Å². The molecule has 3 rings (SSSR count). The molecule has 76 valence electrons. The van der Waals surface area contributed by atoms with Gasteiger partial charge in [-0.2, -0.15) is 5.10 Å². The molecule has 5 heteroatoms. The van der Waals surface area contributed by atoms with Crippen LogP contribution in [0.4, 0.5) is 5.82 Å². The minimum absolute atomic E-state index is 0.456. The molecule has 0 saturated heterocycles. The first-order valence-corrected chi connectivity index (χ1v) is 4.99. The molecule has 0 unspecified atom stereocenters. The molecule has 1 aliphatic carbocycles. The first-order chi connectivity index (χ1) is 7.43. The maximum atomic E-state index is 4.23. The summed E-state index contributed by atoms with van der Waals surface area (Å²) in [6.07, 6.45) is 9.79. The summed E-state index contributed by atoms with van der Waals surface area (Å²) in [5.41, 5.74) is 0.776. The highest BCUT2D eigenvalue weighted by atomic mass is 15.2. The van der Waals surface area contributed by atoms with Gasteiger partial charge in [-0.05, 0) is 12.8 Å². The van der Waals surface area contributed by atoms with Crippen LogP contribution in [0.2, 0.25) is 0 Å². The van der Waals surface area contributed by atoms with Crippen LogP contribution in [-0.4, -0.2) is 26.2 Å². The number of H-pyrrole nitrogens is 1. The summed E-state index contributed by atoms with van der Waals surface area (Å²) in [5.74, 6) is 0.863. The third kappa shape index (κ3) is 1.45.